The predicted octanol–water partition coefficient (Wildman–Crippen LogP) is 4.34. The van der Waals surface area contributed by atoms with Gasteiger partial charge in [-0.25, -0.2) is 10.4 Å². The van der Waals surface area contributed by atoms with Crippen LogP contribution in [0.15, 0.2) is 47.6 Å². The molecule has 4 nitrogen and oxygen atoms in total. The van der Waals surface area contributed by atoms with Crippen molar-refractivity contribution in [2.24, 2.45) is 5.10 Å². The van der Waals surface area contributed by atoms with E-state index in [0.29, 0.717) is 11.5 Å². The first-order valence-electron chi connectivity index (χ1n) is 6.84. The van der Waals surface area contributed by atoms with Crippen molar-refractivity contribution in [3.8, 4) is 0 Å². The number of hydrogen-bond donors (Lipinski definition) is 2. The monoisotopic (exact) mass is 318 g/mol. The van der Waals surface area contributed by atoms with Gasteiger partial charge < -0.3 is 4.98 Å². The van der Waals surface area contributed by atoms with Gasteiger partial charge in [-0.05, 0) is 42.3 Å². The molecule has 0 radical (unpaired) electrons. The van der Waals surface area contributed by atoms with E-state index in [1.54, 1.807) is 6.07 Å². The lowest BCUT2D eigenvalue weighted by molar-refractivity contribution is -0.137. The number of halogens is 3. The average molecular weight is 318 g/mol. The molecule has 0 aliphatic rings. The highest BCUT2D eigenvalue weighted by Crippen LogP contribution is 2.29. The second-order valence-electron chi connectivity index (χ2n) is 5.10. The number of hydrogen-bond acceptors (Lipinski definition) is 3. The molecule has 0 saturated heterocycles. The highest BCUT2D eigenvalue weighted by Gasteiger charge is 2.30. The summed E-state index contributed by atoms with van der Waals surface area (Å²) in [6.45, 7) is 1.97. The number of anilines is 1. The van der Waals surface area contributed by atoms with E-state index in [1.807, 2.05) is 25.1 Å². The topological polar surface area (TPSA) is 53.1 Å². The maximum absolute atomic E-state index is 12.6. The smallest absolute Gasteiger partial charge is 0.323 e. The van der Waals surface area contributed by atoms with Crippen LogP contribution in [0.25, 0.3) is 11.0 Å². The lowest BCUT2D eigenvalue weighted by atomic mass is 10.1. The third-order valence-electron chi connectivity index (χ3n) is 3.24. The van der Waals surface area contributed by atoms with Gasteiger partial charge in [0.15, 0.2) is 0 Å². The molecule has 0 spiro atoms. The van der Waals surface area contributed by atoms with Crippen LogP contribution in [-0.2, 0) is 6.18 Å². The second kappa shape index (κ2) is 5.75. The van der Waals surface area contributed by atoms with Crippen molar-refractivity contribution < 1.29 is 13.2 Å². The van der Waals surface area contributed by atoms with E-state index in [4.69, 9.17) is 0 Å². The number of fused-ring (bicyclic) bond motifs is 1. The van der Waals surface area contributed by atoms with Gasteiger partial charge in [-0.3, -0.25) is 0 Å². The average Bonchev–Trinajstić information content (AvgIpc) is 2.88. The van der Waals surface area contributed by atoms with Gasteiger partial charge in [0, 0.05) is 0 Å². The molecule has 3 rings (SSSR count). The van der Waals surface area contributed by atoms with Crippen molar-refractivity contribution in [2.75, 3.05) is 5.43 Å². The normalized spacial score (nSPS) is 12.2. The summed E-state index contributed by atoms with van der Waals surface area (Å²) in [6, 6.07) is 10.7. The molecule has 0 bridgehead atoms. The highest BCUT2D eigenvalue weighted by atomic mass is 19.4. The lowest BCUT2D eigenvalue weighted by Gasteiger charge is -2.06. The SMILES string of the molecule is Cc1ccc2nc(N/N=C\c3cccc(C(F)(F)F)c3)[nH]c2c1. The molecule has 2 aromatic carbocycles. The van der Waals surface area contributed by atoms with Crippen LogP contribution >= 0.6 is 0 Å². The molecule has 118 valence electrons. The van der Waals surface area contributed by atoms with E-state index in [1.165, 1.54) is 12.3 Å². The van der Waals surface area contributed by atoms with Gasteiger partial charge in [-0.1, -0.05) is 18.2 Å². The summed E-state index contributed by atoms with van der Waals surface area (Å²) < 4.78 is 37.9. The molecule has 0 unspecified atom stereocenters. The van der Waals surface area contributed by atoms with E-state index < -0.39 is 11.7 Å². The first-order chi connectivity index (χ1) is 10.9. The van der Waals surface area contributed by atoms with Gasteiger partial charge in [-0.2, -0.15) is 18.3 Å². The van der Waals surface area contributed by atoms with Crippen molar-refractivity contribution in [3.63, 3.8) is 0 Å². The second-order valence-corrected chi connectivity index (χ2v) is 5.10. The summed E-state index contributed by atoms with van der Waals surface area (Å²) in [5, 5.41) is 3.92. The minimum absolute atomic E-state index is 0.347. The number of H-pyrrole nitrogens is 1. The van der Waals surface area contributed by atoms with Gasteiger partial charge in [0.05, 0.1) is 22.8 Å². The maximum Gasteiger partial charge on any atom is 0.416 e. The van der Waals surface area contributed by atoms with Gasteiger partial charge in [0.2, 0.25) is 5.95 Å². The molecular weight excluding hydrogens is 305 g/mol. The Balaban J connectivity index is 1.75. The Morgan fingerprint density at radius 3 is 2.78 bits per heavy atom. The molecule has 0 aliphatic carbocycles. The zero-order valence-corrected chi connectivity index (χ0v) is 12.1. The Morgan fingerprint density at radius 2 is 2.00 bits per heavy atom. The van der Waals surface area contributed by atoms with Gasteiger partial charge in [0.1, 0.15) is 0 Å². The van der Waals surface area contributed by atoms with E-state index in [9.17, 15) is 13.2 Å². The van der Waals surface area contributed by atoms with E-state index in [2.05, 4.69) is 20.5 Å². The summed E-state index contributed by atoms with van der Waals surface area (Å²) in [6.07, 6.45) is -3.05. The van der Waals surface area contributed by atoms with Crippen molar-refractivity contribution in [2.45, 2.75) is 13.1 Å². The molecule has 1 heterocycles. The number of nitrogens with one attached hydrogen (secondary N) is 2. The van der Waals surface area contributed by atoms with Gasteiger partial charge in [-0.15, -0.1) is 0 Å². The third kappa shape index (κ3) is 3.50. The fourth-order valence-corrected chi connectivity index (χ4v) is 2.14. The van der Waals surface area contributed by atoms with Crippen molar-refractivity contribution >= 4 is 23.2 Å². The number of aryl methyl sites for hydroxylation is 1. The van der Waals surface area contributed by atoms with Crippen LogP contribution < -0.4 is 5.43 Å². The van der Waals surface area contributed by atoms with Crippen LogP contribution in [0, 0.1) is 6.92 Å². The van der Waals surface area contributed by atoms with Crippen LogP contribution in [0.3, 0.4) is 0 Å². The number of imidazole rings is 1. The summed E-state index contributed by atoms with van der Waals surface area (Å²) in [5.41, 5.74) is 5.07. The Morgan fingerprint density at radius 1 is 1.17 bits per heavy atom. The fraction of sp³-hybridized carbons (Fsp3) is 0.125. The van der Waals surface area contributed by atoms with Crippen LogP contribution in [0.5, 0.6) is 0 Å². The quantitative estimate of drug-likeness (QED) is 0.557. The van der Waals surface area contributed by atoms with Crippen LogP contribution in [0.4, 0.5) is 19.1 Å². The number of aromatic nitrogens is 2. The molecule has 0 atom stereocenters. The fourth-order valence-electron chi connectivity index (χ4n) is 2.14. The number of alkyl halides is 3. The van der Waals surface area contributed by atoms with Crippen LogP contribution in [0.2, 0.25) is 0 Å². The van der Waals surface area contributed by atoms with Gasteiger partial charge in [0.25, 0.3) is 0 Å². The Labute approximate surface area is 130 Å². The minimum atomic E-state index is -4.37. The third-order valence-corrected chi connectivity index (χ3v) is 3.24. The number of rotatable bonds is 3. The zero-order chi connectivity index (χ0) is 16.4. The number of benzene rings is 2. The summed E-state index contributed by atoms with van der Waals surface area (Å²) in [5.74, 6) is 0.425. The Kier molecular flexibility index (Phi) is 3.77. The molecule has 23 heavy (non-hydrogen) atoms. The number of aromatic amines is 1. The van der Waals surface area contributed by atoms with Crippen LogP contribution in [0.1, 0.15) is 16.7 Å². The maximum atomic E-state index is 12.6. The van der Waals surface area contributed by atoms with E-state index in [-0.39, 0.29) is 0 Å². The summed E-state index contributed by atoms with van der Waals surface area (Å²) in [4.78, 5) is 7.32. The zero-order valence-electron chi connectivity index (χ0n) is 12.1. The van der Waals surface area contributed by atoms with Crippen molar-refractivity contribution in [1.29, 1.82) is 0 Å². The molecule has 1 aromatic heterocycles. The van der Waals surface area contributed by atoms with Crippen LogP contribution in [-0.4, -0.2) is 16.2 Å². The molecule has 3 aromatic rings. The molecule has 0 fully saturated rings. The van der Waals surface area contributed by atoms with Gasteiger partial charge >= 0.3 is 6.18 Å². The highest BCUT2D eigenvalue weighted by molar-refractivity contribution is 5.81. The van der Waals surface area contributed by atoms with Crippen molar-refractivity contribution in [1.82, 2.24) is 9.97 Å². The lowest BCUT2D eigenvalue weighted by Crippen LogP contribution is -2.05. The molecule has 2 N–H and O–H groups in total. The van der Waals surface area contributed by atoms with E-state index in [0.717, 1.165) is 28.7 Å². The molecular formula is C16H13F3N4. The first-order valence-corrected chi connectivity index (χ1v) is 6.84. The molecule has 7 heteroatoms. The summed E-state index contributed by atoms with van der Waals surface area (Å²) in [7, 11) is 0. The van der Waals surface area contributed by atoms with E-state index >= 15 is 0 Å². The van der Waals surface area contributed by atoms with Crippen molar-refractivity contribution in [3.05, 3.63) is 59.2 Å². The Hall–Kier alpha value is -2.83. The number of hydrazone groups is 1. The molecule has 0 amide bonds. The summed E-state index contributed by atoms with van der Waals surface area (Å²) >= 11 is 0. The number of nitrogens with zero attached hydrogens (tertiary/aromatic N) is 2. The first kappa shape index (κ1) is 15.1. The predicted molar refractivity (Wildman–Crippen MR) is 83.5 cm³/mol. The Bertz CT molecular complexity index is 865. The molecule has 0 aliphatic heterocycles. The standard InChI is InChI=1S/C16H13F3N4/c1-10-5-6-13-14(7-10)22-15(21-13)23-20-9-11-3-2-4-12(8-11)16(17,18)19/h2-9H,1H3,(H2,21,22,23)/b20-9-. The largest absolute Gasteiger partial charge is 0.416 e. The minimum Gasteiger partial charge on any atom is -0.323 e. The molecule has 0 saturated carbocycles.